The van der Waals surface area contributed by atoms with E-state index in [0.29, 0.717) is 5.13 Å². The average molecular weight is 181 g/mol. The number of rotatable bonds is 1. The predicted molar refractivity (Wildman–Crippen MR) is 46.5 cm³/mol. The van der Waals surface area contributed by atoms with Gasteiger partial charge in [0.15, 0.2) is 5.13 Å². The Bertz CT molecular complexity index is 390. The Balaban J connectivity index is 2.50. The van der Waals surface area contributed by atoms with Gasteiger partial charge in [-0.2, -0.15) is 0 Å². The first kappa shape index (κ1) is 7.23. The molecule has 0 saturated carbocycles. The monoisotopic (exact) mass is 181 g/mol. The molecule has 62 valence electrons. The van der Waals surface area contributed by atoms with Crippen LogP contribution < -0.4 is 5.73 Å². The number of nitrogen functional groups attached to an aromatic ring is 1. The number of nitrogens with two attached hydrogens (primary N) is 1. The lowest BCUT2D eigenvalue weighted by Gasteiger charge is -1.92. The minimum absolute atomic E-state index is 0.561. The van der Waals surface area contributed by atoms with Gasteiger partial charge in [-0.3, -0.25) is 0 Å². The Morgan fingerprint density at radius 2 is 2.42 bits per heavy atom. The molecule has 0 aromatic carbocycles. The highest BCUT2D eigenvalue weighted by Gasteiger charge is 2.06. The fraction of sp³-hybridized carbons (Fsp3) is 0.167. The van der Waals surface area contributed by atoms with Gasteiger partial charge >= 0.3 is 0 Å². The van der Waals surface area contributed by atoms with Gasteiger partial charge in [0, 0.05) is 12.4 Å². The first-order chi connectivity index (χ1) is 5.77. The molecular formula is C6H7N5S. The third kappa shape index (κ3) is 1.06. The molecule has 0 saturated heterocycles. The number of nitrogens with zero attached hydrogens (tertiary/aromatic N) is 4. The smallest absolute Gasteiger partial charge is 0.180 e. The Kier molecular flexibility index (Phi) is 1.54. The quantitative estimate of drug-likeness (QED) is 0.696. The molecule has 2 aromatic heterocycles. The summed E-state index contributed by atoms with van der Waals surface area (Å²) in [5.41, 5.74) is 7.19. The number of aryl methyl sites for hydroxylation is 1. The summed E-state index contributed by atoms with van der Waals surface area (Å²) >= 11 is 1.41. The molecule has 0 aliphatic heterocycles. The number of hydrogen-bond donors (Lipinski definition) is 1. The largest absolute Gasteiger partial charge is 0.375 e. The maximum Gasteiger partial charge on any atom is 0.180 e. The Morgan fingerprint density at radius 3 is 2.92 bits per heavy atom. The van der Waals surface area contributed by atoms with Crippen molar-refractivity contribution in [2.45, 2.75) is 0 Å². The van der Waals surface area contributed by atoms with Crippen molar-refractivity contribution in [3.05, 3.63) is 11.6 Å². The van der Waals surface area contributed by atoms with Crippen LogP contribution in [0.5, 0.6) is 0 Å². The van der Waals surface area contributed by atoms with Crippen LogP contribution in [0.15, 0.2) is 11.6 Å². The predicted octanol–water partition coefficient (Wildman–Crippen LogP) is 0.521. The lowest BCUT2D eigenvalue weighted by atomic mass is 10.4. The molecule has 2 aromatic rings. The number of anilines is 1. The van der Waals surface area contributed by atoms with E-state index in [1.807, 2.05) is 12.4 Å². The summed E-state index contributed by atoms with van der Waals surface area (Å²) in [4.78, 5) is 4.11. The Morgan fingerprint density at radius 1 is 1.58 bits per heavy atom. The zero-order valence-electron chi connectivity index (χ0n) is 6.43. The molecule has 0 aliphatic rings. The molecule has 0 spiro atoms. The summed E-state index contributed by atoms with van der Waals surface area (Å²) in [5.74, 6) is 0. The van der Waals surface area contributed by atoms with Crippen LogP contribution in [0.3, 0.4) is 0 Å². The molecule has 6 heteroatoms. The lowest BCUT2D eigenvalue weighted by Crippen LogP contribution is -1.94. The molecule has 2 heterocycles. The SMILES string of the molecule is Cn1nncc1-c1csc(N)n1. The minimum atomic E-state index is 0.561. The standard InChI is InChI=1S/C6H7N5S/c1-11-5(2-8-10-11)4-3-12-6(7)9-4/h2-3H,1H3,(H2,7,9). The second kappa shape index (κ2) is 2.56. The van der Waals surface area contributed by atoms with E-state index in [9.17, 15) is 0 Å². The van der Waals surface area contributed by atoms with Crippen LogP contribution in [0.25, 0.3) is 11.4 Å². The number of hydrogen-bond acceptors (Lipinski definition) is 5. The van der Waals surface area contributed by atoms with E-state index in [0.717, 1.165) is 11.4 Å². The minimum Gasteiger partial charge on any atom is -0.375 e. The fourth-order valence-electron chi connectivity index (χ4n) is 0.927. The average Bonchev–Trinajstić information content (AvgIpc) is 2.58. The van der Waals surface area contributed by atoms with Gasteiger partial charge in [0.05, 0.1) is 6.20 Å². The highest BCUT2D eigenvalue weighted by Crippen LogP contribution is 2.20. The fourth-order valence-corrected chi connectivity index (χ4v) is 1.48. The second-order valence-electron chi connectivity index (χ2n) is 2.31. The van der Waals surface area contributed by atoms with E-state index in [2.05, 4.69) is 15.3 Å². The molecule has 0 bridgehead atoms. The van der Waals surface area contributed by atoms with E-state index in [-0.39, 0.29) is 0 Å². The molecule has 0 fully saturated rings. The van der Waals surface area contributed by atoms with Crippen molar-refractivity contribution in [2.75, 3.05) is 5.73 Å². The van der Waals surface area contributed by atoms with E-state index in [1.165, 1.54) is 11.3 Å². The van der Waals surface area contributed by atoms with Gasteiger partial charge < -0.3 is 5.73 Å². The van der Waals surface area contributed by atoms with E-state index in [1.54, 1.807) is 10.9 Å². The third-order valence-corrected chi connectivity index (χ3v) is 2.17. The molecule has 0 radical (unpaired) electrons. The zero-order valence-corrected chi connectivity index (χ0v) is 7.25. The van der Waals surface area contributed by atoms with Crippen LogP contribution in [0.2, 0.25) is 0 Å². The number of thiazole rings is 1. The molecule has 2 N–H and O–H groups in total. The molecule has 5 nitrogen and oxygen atoms in total. The molecule has 0 amide bonds. The maximum atomic E-state index is 5.49. The highest BCUT2D eigenvalue weighted by atomic mass is 32.1. The summed E-state index contributed by atoms with van der Waals surface area (Å²) in [6, 6.07) is 0. The normalized spacial score (nSPS) is 10.4. The topological polar surface area (TPSA) is 69.6 Å². The second-order valence-corrected chi connectivity index (χ2v) is 3.20. The van der Waals surface area contributed by atoms with Gasteiger partial charge in [-0.25, -0.2) is 9.67 Å². The molecular weight excluding hydrogens is 174 g/mol. The van der Waals surface area contributed by atoms with Crippen molar-refractivity contribution in [3.8, 4) is 11.4 Å². The van der Waals surface area contributed by atoms with Crippen LogP contribution >= 0.6 is 11.3 Å². The van der Waals surface area contributed by atoms with Crippen LogP contribution in [0, 0.1) is 0 Å². The van der Waals surface area contributed by atoms with Gasteiger partial charge in [0.25, 0.3) is 0 Å². The van der Waals surface area contributed by atoms with Gasteiger partial charge in [-0.05, 0) is 0 Å². The van der Waals surface area contributed by atoms with E-state index < -0.39 is 0 Å². The van der Waals surface area contributed by atoms with Gasteiger partial charge in [-0.1, -0.05) is 5.21 Å². The first-order valence-corrected chi connectivity index (χ1v) is 4.21. The summed E-state index contributed by atoms with van der Waals surface area (Å²) in [6.45, 7) is 0. The molecule has 2 rings (SSSR count). The van der Waals surface area contributed by atoms with Crippen LogP contribution in [-0.2, 0) is 7.05 Å². The maximum absolute atomic E-state index is 5.49. The summed E-state index contributed by atoms with van der Waals surface area (Å²) < 4.78 is 1.66. The van der Waals surface area contributed by atoms with E-state index >= 15 is 0 Å². The lowest BCUT2D eigenvalue weighted by molar-refractivity contribution is 0.719. The molecule has 12 heavy (non-hydrogen) atoms. The summed E-state index contributed by atoms with van der Waals surface area (Å²) in [7, 11) is 1.82. The van der Waals surface area contributed by atoms with Crippen LogP contribution in [0.1, 0.15) is 0 Å². The van der Waals surface area contributed by atoms with Crippen molar-refractivity contribution in [1.29, 1.82) is 0 Å². The molecule has 0 atom stereocenters. The Labute approximate surface area is 72.8 Å². The van der Waals surface area contributed by atoms with Crippen LogP contribution in [0.4, 0.5) is 5.13 Å². The number of aromatic nitrogens is 4. The summed E-state index contributed by atoms with van der Waals surface area (Å²) in [5, 5.41) is 9.98. The van der Waals surface area contributed by atoms with Crippen molar-refractivity contribution < 1.29 is 0 Å². The van der Waals surface area contributed by atoms with Crippen molar-refractivity contribution in [3.63, 3.8) is 0 Å². The highest BCUT2D eigenvalue weighted by molar-refractivity contribution is 7.13. The van der Waals surface area contributed by atoms with Crippen LogP contribution in [-0.4, -0.2) is 20.0 Å². The zero-order chi connectivity index (χ0) is 8.55. The Hall–Kier alpha value is -1.43. The first-order valence-electron chi connectivity index (χ1n) is 3.33. The van der Waals surface area contributed by atoms with Crippen molar-refractivity contribution in [2.24, 2.45) is 7.05 Å². The molecule has 0 aliphatic carbocycles. The van der Waals surface area contributed by atoms with Gasteiger partial charge in [-0.15, -0.1) is 16.4 Å². The van der Waals surface area contributed by atoms with Gasteiger partial charge in [0.2, 0.25) is 0 Å². The third-order valence-electron chi connectivity index (χ3n) is 1.50. The summed E-state index contributed by atoms with van der Waals surface area (Å²) in [6.07, 6.45) is 1.66. The van der Waals surface area contributed by atoms with E-state index in [4.69, 9.17) is 5.73 Å². The van der Waals surface area contributed by atoms with Crippen molar-refractivity contribution in [1.82, 2.24) is 20.0 Å². The van der Waals surface area contributed by atoms with Crippen molar-refractivity contribution >= 4 is 16.5 Å². The molecule has 0 unspecified atom stereocenters. The van der Waals surface area contributed by atoms with Gasteiger partial charge in [0.1, 0.15) is 11.4 Å².